The number of carbonyl (C=O) groups is 1. The van der Waals surface area contributed by atoms with E-state index in [1.165, 1.54) is 22.8 Å². The SMILES string of the molecule is CC(C)CN(C(=O)Nc1ccc(Br)cc1)C(C)c1nc2ccccc2c(=O)n1-c1ccc(F)c(Cl)c1. The number of nitrogens with zero attached hydrogens (tertiary/aromatic N) is 3. The van der Waals surface area contributed by atoms with Gasteiger partial charge in [0.2, 0.25) is 0 Å². The summed E-state index contributed by atoms with van der Waals surface area (Å²) in [5.74, 6) is -0.107. The average Bonchev–Trinajstić information content (AvgIpc) is 2.85. The Morgan fingerprint density at radius 3 is 2.47 bits per heavy atom. The maximum atomic E-state index is 13.9. The van der Waals surface area contributed by atoms with Gasteiger partial charge in [-0.05, 0) is 67.4 Å². The summed E-state index contributed by atoms with van der Waals surface area (Å²) in [5, 5.41) is 3.23. The zero-order valence-corrected chi connectivity index (χ0v) is 22.3. The third-order valence-corrected chi connectivity index (χ3v) is 6.54. The quantitative estimate of drug-likeness (QED) is 0.266. The Labute approximate surface area is 221 Å². The Balaban J connectivity index is 1.85. The minimum absolute atomic E-state index is 0.113. The van der Waals surface area contributed by atoms with E-state index in [4.69, 9.17) is 16.6 Å². The Kier molecular flexibility index (Phi) is 7.76. The molecule has 0 fully saturated rings. The Hall–Kier alpha value is -3.23. The Bertz CT molecular complexity index is 1470. The van der Waals surface area contributed by atoms with Gasteiger partial charge in [-0.1, -0.05) is 53.5 Å². The van der Waals surface area contributed by atoms with Crippen molar-refractivity contribution in [3.63, 3.8) is 0 Å². The van der Waals surface area contributed by atoms with Crippen molar-refractivity contribution in [2.45, 2.75) is 26.8 Å². The number of nitrogens with one attached hydrogen (secondary N) is 1. The van der Waals surface area contributed by atoms with E-state index in [0.717, 1.165) is 4.47 Å². The van der Waals surface area contributed by atoms with E-state index >= 15 is 0 Å². The number of urea groups is 1. The maximum absolute atomic E-state index is 13.9. The molecule has 36 heavy (non-hydrogen) atoms. The molecule has 0 aliphatic carbocycles. The molecule has 2 amide bonds. The number of hydrogen-bond donors (Lipinski definition) is 1. The van der Waals surface area contributed by atoms with E-state index in [9.17, 15) is 14.0 Å². The Morgan fingerprint density at radius 1 is 1.11 bits per heavy atom. The molecule has 0 spiro atoms. The van der Waals surface area contributed by atoms with Crippen molar-refractivity contribution in [1.29, 1.82) is 0 Å². The lowest BCUT2D eigenvalue weighted by Gasteiger charge is -2.32. The van der Waals surface area contributed by atoms with Gasteiger partial charge in [-0.25, -0.2) is 14.2 Å². The van der Waals surface area contributed by atoms with Gasteiger partial charge in [-0.3, -0.25) is 9.36 Å². The number of halogens is 3. The summed E-state index contributed by atoms with van der Waals surface area (Å²) in [6.45, 7) is 6.25. The van der Waals surface area contributed by atoms with Gasteiger partial charge in [-0.2, -0.15) is 0 Å². The molecule has 0 saturated carbocycles. The molecule has 1 atom stereocenters. The van der Waals surface area contributed by atoms with E-state index in [2.05, 4.69) is 21.2 Å². The summed E-state index contributed by atoms with van der Waals surface area (Å²) >= 11 is 9.46. The van der Waals surface area contributed by atoms with Crippen LogP contribution in [0.15, 0.2) is 76.0 Å². The van der Waals surface area contributed by atoms with Crippen LogP contribution < -0.4 is 10.9 Å². The predicted molar refractivity (Wildman–Crippen MR) is 145 cm³/mol. The zero-order valence-electron chi connectivity index (χ0n) is 20.0. The van der Waals surface area contributed by atoms with Gasteiger partial charge in [0.15, 0.2) is 0 Å². The summed E-state index contributed by atoms with van der Waals surface area (Å²) in [7, 11) is 0. The molecule has 3 aromatic carbocycles. The number of para-hydroxylation sites is 1. The zero-order chi connectivity index (χ0) is 26.0. The number of carbonyl (C=O) groups excluding carboxylic acids is 1. The van der Waals surface area contributed by atoms with Crippen LogP contribution in [0.3, 0.4) is 0 Å². The van der Waals surface area contributed by atoms with E-state index < -0.39 is 11.9 Å². The highest BCUT2D eigenvalue weighted by atomic mass is 79.9. The van der Waals surface area contributed by atoms with Crippen molar-refractivity contribution >= 4 is 50.2 Å². The fourth-order valence-electron chi connectivity index (χ4n) is 3.98. The highest BCUT2D eigenvalue weighted by molar-refractivity contribution is 9.10. The summed E-state index contributed by atoms with van der Waals surface area (Å²) in [6.07, 6.45) is 0. The normalized spacial score (nSPS) is 12.1. The van der Waals surface area contributed by atoms with Crippen LogP contribution in [0.4, 0.5) is 14.9 Å². The van der Waals surface area contributed by atoms with Crippen molar-refractivity contribution in [1.82, 2.24) is 14.5 Å². The number of aromatic nitrogens is 2. The monoisotopic (exact) mass is 570 g/mol. The highest BCUT2D eigenvalue weighted by Gasteiger charge is 2.28. The first-order chi connectivity index (χ1) is 17.2. The number of benzene rings is 3. The second kappa shape index (κ2) is 10.8. The average molecular weight is 572 g/mol. The number of anilines is 1. The van der Waals surface area contributed by atoms with Crippen molar-refractivity contribution in [2.75, 3.05) is 11.9 Å². The van der Waals surface area contributed by atoms with Crippen LogP contribution in [0.1, 0.15) is 32.6 Å². The summed E-state index contributed by atoms with van der Waals surface area (Å²) in [4.78, 5) is 33.5. The topological polar surface area (TPSA) is 67.2 Å². The summed E-state index contributed by atoms with van der Waals surface area (Å²) in [6, 6.07) is 17.4. The molecule has 0 aliphatic heterocycles. The standard InChI is InChI=1S/C27H25BrClFN4O2/c1-16(2)15-33(27(36)31-19-10-8-18(28)9-11-19)17(3)25-32-24-7-5-4-6-21(24)26(35)34(25)20-12-13-23(30)22(29)14-20/h4-14,16-17H,15H2,1-3H3,(H,31,36). The first-order valence-corrected chi connectivity index (χ1v) is 12.6. The number of fused-ring (bicyclic) bond motifs is 1. The molecule has 0 aliphatic rings. The highest BCUT2D eigenvalue weighted by Crippen LogP contribution is 2.26. The van der Waals surface area contributed by atoms with Gasteiger partial charge < -0.3 is 10.2 Å². The van der Waals surface area contributed by atoms with Gasteiger partial charge in [0, 0.05) is 16.7 Å². The van der Waals surface area contributed by atoms with E-state index in [1.807, 2.05) is 32.9 Å². The summed E-state index contributed by atoms with van der Waals surface area (Å²) in [5.41, 5.74) is 1.18. The van der Waals surface area contributed by atoms with Crippen molar-refractivity contribution < 1.29 is 9.18 Å². The molecule has 1 N–H and O–H groups in total. The third-order valence-electron chi connectivity index (χ3n) is 5.72. The molecular formula is C27H25BrClFN4O2. The molecule has 9 heteroatoms. The minimum atomic E-state index is -0.607. The van der Waals surface area contributed by atoms with Gasteiger partial charge in [0.05, 0.1) is 27.7 Å². The van der Waals surface area contributed by atoms with Crippen molar-refractivity contribution in [2.24, 2.45) is 5.92 Å². The van der Waals surface area contributed by atoms with Gasteiger partial charge in [0.1, 0.15) is 11.6 Å². The Morgan fingerprint density at radius 2 is 1.81 bits per heavy atom. The van der Waals surface area contributed by atoms with Crippen molar-refractivity contribution in [3.8, 4) is 5.69 Å². The first-order valence-electron chi connectivity index (χ1n) is 11.5. The van der Waals surface area contributed by atoms with E-state index in [1.54, 1.807) is 41.3 Å². The van der Waals surface area contributed by atoms with E-state index in [-0.39, 0.29) is 22.5 Å². The van der Waals surface area contributed by atoms with Crippen LogP contribution in [0.2, 0.25) is 5.02 Å². The smallest absolute Gasteiger partial charge is 0.314 e. The lowest BCUT2D eigenvalue weighted by molar-refractivity contribution is 0.179. The molecule has 4 aromatic rings. The molecule has 0 radical (unpaired) electrons. The lowest BCUT2D eigenvalue weighted by Crippen LogP contribution is -2.41. The molecule has 0 bridgehead atoms. The first kappa shape index (κ1) is 25.9. The number of rotatable bonds is 6. The predicted octanol–water partition coefficient (Wildman–Crippen LogP) is 7.19. The molecule has 1 heterocycles. The number of amides is 2. The van der Waals surface area contributed by atoms with Crippen molar-refractivity contribution in [3.05, 3.63) is 98.2 Å². The fraction of sp³-hybridized carbons (Fsp3) is 0.222. The lowest BCUT2D eigenvalue weighted by atomic mass is 10.1. The molecule has 1 aromatic heterocycles. The second-order valence-corrected chi connectivity index (χ2v) is 10.2. The van der Waals surface area contributed by atoms with Crippen LogP contribution in [0, 0.1) is 11.7 Å². The third kappa shape index (κ3) is 5.44. The molecule has 1 unspecified atom stereocenters. The minimum Gasteiger partial charge on any atom is -0.314 e. The molecule has 6 nitrogen and oxygen atoms in total. The largest absolute Gasteiger partial charge is 0.322 e. The van der Waals surface area contributed by atoms with Crippen LogP contribution in [-0.2, 0) is 0 Å². The van der Waals surface area contributed by atoms with Crippen LogP contribution in [-0.4, -0.2) is 27.0 Å². The molecule has 0 saturated heterocycles. The molecular weight excluding hydrogens is 547 g/mol. The molecule has 186 valence electrons. The van der Waals surface area contributed by atoms with Gasteiger partial charge >= 0.3 is 6.03 Å². The maximum Gasteiger partial charge on any atom is 0.322 e. The van der Waals surface area contributed by atoms with Crippen LogP contribution in [0.5, 0.6) is 0 Å². The van der Waals surface area contributed by atoms with Crippen LogP contribution in [0.25, 0.3) is 16.6 Å². The van der Waals surface area contributed by atoms with Gasteiger partial charge in [0.25, 0.3) is 5.56 Å². The number of hydrogen-bond acceptors (Lipinski definition) is 3. The summed E-state index contributed by atoms with van der Waals surface area (Å²) < 4.78 is 16.2. The second-order valence-electron chi connectivity index (χ2n) is 8.89. The van der Waals surface area contributed by atoms with Crippen LogP contribution >= 0.6 is 27.5 Å². The van der Waals surface area contributed by atoms with E-state index in [0.29, 0.717) is 34.6 Å². The van der Waals surface area contributed by atoms with Gasteiger partial charge in [-0.15, -0.1) is 0 Å². The molecule has 4 rings (SSSR count). The fourth-order valence-corrected chi connectivity index (χ4v) is 4.42.